The van der Waals surface area contributed by atoms with E-state index in [1.807, 2.05) is 13.8 Å². The smallest absolute Gasteiger partial charge is 0.417 e. The summed E-state index contributed by atoms with van der Waals surface area (Å²) in [6, 6.07) is 5.45. The van der Waals surface area contributed by atoms with Gasteiger partial charge in [-0.05, 0) is 58.2 Å². The molecule has 8 nitrogen and oxygen atoms in total. The van der Waals surface area contributed by atoms with Crippen molar-refractivity contribution >= 4 is 21.6 Å². The molecule has 1 heterocycles. The molecule has 37 heavy (non-hydrogen) atoms. The third kappa shape index (κ3) is 11.4. The molecule has 1 aromatic carbocycles. The molecule has 208 valence electrons. The van der Waals surface area contributed by atoms with Gasteiger partial charge in [-0.2, -0.15) is 13.2 Å². The number of aryl methyl sites for hydroxylation is 1. The number of alkyl halides is 3. The van der Waals surface area contributed by atoms with E-state index >= 15 is 0 Å². The fraction of sp³-hybridized carbons (Fsp3) is 0.542. The minimum absolute atomic E-state index is 0.00835. The quantitative estimate of drug-likeness (QED) is 0.310. The monoisotopic (exact) mass is 568 g/mol. The van der Waals surface area contributed by atoms with Gasteiger partial charge in [0.15, 0.2) is 0 Å². The normalized spacial score (nSPS) is 12.7. The van der Waals surface area contributed by atoms with Crippen molar-refractivity contribution in [3.63, 3.8) is 0 Å². The van der Waals surface area contributed by atoms with E-state index in [0.29, 0.717) is 23.6 Å². The molecule has 1 aromatic heterocycles. The van der Waals surface area contributed by atoms with E-state index in [4.69, 9.17) is 25.8 Å². The molecular weight excluding hydrogens is 537 g/mol. The summed E-state index contributed by atoms with van der Waals surface area (Å²) in [6.07, 6.45) is -3.52. The van der Waals surface area contributed by atoms with Crippen molar-refractivity contribution in [1.82, 2.24) is 9.71 Å². The van der Waals surface area contributed by atoms with Crippen molar-refractivity contribution in [3.8, 4) is 17.4 Å². The van der Waals surface area contributed by atoms with Gasteiger partial charge in [0.2, 0.25) is 15.9 Å². The summed E-state index contributed by atoms with van der Waals surface area (Å²) in [5, 5.41) is 9.57. The minimum atomic E-state index is -4.62. The number of pyridine rings is 1. The molecule has 0 aliphatic carbocycles. The molecule has 13 heteroatoms. The number of halogens is 4. The molecule has 2 N–H and O–H groups in total. The number of nitrogens with one attached hydrogen (secondary N) is 1. The number of benzene rings is 1. The summed E-state index contributed by atoms with van der Waals surface area (Å²) in [4.78, 5) is 3.70. The number of aliphatic hydroxyl groups is 1. The van der Waals surface area contributed by atoms with Crippen molar-refractivity contribution in [1.29, 1.82) is 0 Å². The van der Waals surface area contributed by atoms with Gasteiger partial charge in [0.1, 0.15) is 23.1 Å². The van der Waals surface area contributed by atoms with Crippen LogP contribution in [0, 0.1) is 0 Å². The Balaban J connectivity index is 2.17. The lowest BCUT2D eigenvalue weighted by Gasteiger charge is -2.19. The van der Waals surface area contributed by atoms with Crippen LogP contribution in [0.25, 0.3) is 0 Å². The van der Waals surface area contributed by atoms with Gasteiger partial charge in [0, 0.05) is 18.8 Å². The van der Waals surface area contributed by atoms with Gasteiger partial charge in [-0.3, -0.25) is 0 Å². The third-order valence-corrected chi connectivity index (χ3v) is 6.45. The molecule has 0 radical (unpaired) electrons. The number of hydrogen-bond acceptors (Lipinski definition) is 7. The topological polar surface area (TPSA) is 107 Å². The number of ether oxygens (including phenoxy) is 3. The van der Waals surface area contributed by atoms with Crippen molar-refractivity contribution in [2.24, 2.45) is 0 Å². The highest BCUT2D eigenvalue weighted by Gasteiger charge is 2.32. The summed E-state index contributed by atoms with van der Waals surface area (Å²) in [5.41, 5.74) is -1.57. The molecule has 2 rings (SSSR count). The summed E-state index contributed by atoms with van der Waals surface area (Å²) in [5.74, 6) is 0.0844. The molecule has 0 amide bonds. The second-order valence-corrected chi connectivity index (χ2v) is 11.6. The second-order valence-electron chi connectivity index (χ2n) is 9.22. The first-order valence-electron chi connectivity index (χ1n) is 11.5. The molecule has 0 fully saturated rings. The maximum Gasteiger partial charge on any atom is 0.417 e. The van der Waals surface area contributed by atoms with E-state index in [0.717, 1.165) is 0 Å². The van der Waals surface area contributed by atoms with Crippen molar-refractivity contribution < 1.29 is 40.9 Å². The first-order valence-corrected chi connectivity index (χ1v) is 13.6. The standard InChI is InChI=1S/C24H32ClF3N2O6S/c1-16(2)34-10-9-30-37(32,33)11-5-6-17-7-8-19(35-15-23(3,4)31)13-21(17)36-22-20(25)12-18(14-29-22)24(26,27)28/h7-8,12-14,16,30-31H,5-6,9-11,15H2,1-4H3. The van der Waals surface area contributed by atoms with Gasteiger partial charge in [0.05, 0.1) is 29.6 Å². The van der Waals surface area contributed by atoms with Crippen LogP contribution < -0.4 is 14.2 Å². The van der Waals surface area contributed by atoms with E-state index in [1.54, 1.807) is 26.0 Å². The van der Waals surface area contributed by atoms with Crippen molar-refractivity contribution in [2.75, 3.05) is 25.5 Å². The van der Waals surface area contributed by atoms with Crippen LogP contribution in [-0.2, 0) is 27.4 Å². The van der Waals surface area contributed by atoms with Gasteiger partial charge < -0.3 is 19.3 Å². The number of rotatable bonds is 14. The number of nitrogens with zero attached hydrogens (tertiary/aromatic N) is 1. The zero-order valence-electron chi connectivity index (χ0n) is 21.1. The fourth-order valence-electron chi connectivity index (χ4n) is 2.96. The first-order chi connectivity index (χ1) is 17.1. The summed E-state index contributed by atoms with van der Waals surface area (Å²) < 4.78 is 82.5. The summed E-state index contributed by atoms with van der Waals surface area (Å²) in [6.45, 7) is 7.20. The number of hydrogen-bond donors (Lipinski definition) is 2. The molecule has 2 aromatic rings. The SMILES string of the molecule is CC(C)OCCNS(=O)(=O)CCCc1ccc(OCC(C)(C)O)cc1Oc1ncc(C(F)(F)F)cc1Cl. The average molecular weight is 569 g/mol. The molecule has 0 bridgehead atoms. The van der Waals surface area contributed by atoms with Crippen LogP contribution in [0.2, 0.25) is 5.02 Å². The third-order valence-electron chi connectivity index (χ3n) is 4.71. The number of aromatic nitrogens is 1. The zero-order valence-corrected chi connectivity index (χ0v) is 22.6. The average Bonchev–Trinajstić information content (AvgIpc) is 2.76. The Kier molecular flexibility index (Phi) is 11.0. The van der Waals surface area contributed by atoms with Crippen LogP contribution in [0.15, 0.2) is 30.5 Å². The fourth-order valence-corrected chi connectivity index (χ4v) is 4.23. The Morgan fingerprint density at radius 1 is 1.19 bits per heavy atom. The highest BCUT2D eigenvalue weighted by molar-refractivity contribution is 7.89. The molecule has 0 atom stereocenters. The van der Waals surface area contributed by atoms with Gasteiger partial charge in [0.25, 0.3) is 0 Å². The maximum atomic E-state index is 13.0. The Bertz CT molecular complexity index is 1140. The summed E-state index contributed by atoms with van der Waals surface area (Å²) in [7, 11) is -3.54. The van der Waals surface area contributed by atoms with E-state index in [-0.39, 0.29) is 61.1 Å². The molecule has 0 unspecified atom stereocenters. The van der Waals surface area contributed by atoms with Gasteiger partial charge >= 0.3 is 6.18 Å². The molecule has 0 saturated carbocycles. The predicted octanol–water partition coefficient (Wildman–Crippen LogP) is 4.97. The van der Waals surface area contributed by atoms with Crippen LogP contribution in [0.5, 0.6) is 17.4 Å². The Morgan fingerprint density at radius 3 is 2.49 bits per heavy atom. The predicted molar refractivity (Wildman–Crippen MR) is 134 cm³/mol. The Hall–Kier alpha value is -2.12. The van der Waals surface area contributed by atoms with E-state index < -0.39 is 27.4 Å². The number of sulfonamides is 1. The van der Waals surface area contributed by atoms with Gasteiger partial charge in [-0.15, -0.1) is 0 Å². The molecular formula is C24H32ClF3N2O6S. The lowest BCUT2D eigenvalue weighted by atomic mass is 10.1. The van der Waals surface area contributed by atoms with Crippen molar-refractivity contribution in [3.05, 3.63) is 46.6 Å². The molecule has 0 spiro atoms. The molecule has 0 saturated heterocycles. The lowest BCUT2D eigenvalue weighted by molar-refractivity contribution is -0.137. The van der Waals surface area contributed by atoms with Crippen molar-refractivity contribution in [2.45, 2.75) is 58.4 Å². The van der Waals surface area contributed by atoms with Crippen LogP contribution in [0.1, 0.15) is 45.2 Å². The minimum Gasteiger partial charge on any atom is -0.490 e. The molecule has 0 aliphatic rings. The largest absolute Gasteiger partial charge is 0.490 e. The van der Waals surface area contributed by atoms with E-state index in [1.165, 1.54) is 6.07 Å². The van der Waals surface area contributed by atoms with Crippen LogP contribution in [0.4, 0.5) is 13.2 Å². The lowest BCUT2D eigenvalue weighted by Crippen LogP contribution is -2.30. The maximum absolute atomic E-state index is 13.0. The van der Waals surface area contributed by atoms with Gasteiger partial charge in [-0.1, -0.05) is 17.7 Å². The zero-order chi connectivity index (χ0) is 27.9. The second kappa shape index (κ2) is 13.1. The van der Waals surface area contributed by atoms with Crippen LogP contribution in [-0.4, -0.2) is 55.7 Å². The van der Waals surface area contributed by atoms with E-state index in [9.17, 15) is 26.7 Å². The summed E-state index contributed by atoms with van der Waals surface area (Å²) >= 11 is 5.99. The van der Waals surface area contributed by atoms with Crippen LogP contribution >= 0.6 is 11.6 Å². The van der Waals surface area contributed by atoms with Crippen LogP contribution in [0.3, 0.4) is 0 Å². The molecule has 0 aliphatic heterocycles. The Labute approximate surface area is 220 Å². The van der Waals surface area contributed by atoms with Gasteiger partial charge in [-0.25, -0.2) is 18.1 Å². The Morgan fingerprint density at radius 2 is 1.89 bits per heavy atom. The highest BCUT2D eigenvalue weighted by atomic mass is 35.5. The highest BCUT2D eigenvalue weighted by Crippen LogP contribution is 2.36. The van der Waals surface area contributed by atoms with E-state index in [2.05, 4.69) is 9.71 Å². The first kappa shape index (κ1) is 31.1.